The molecule has 6 aromatic rings. The fourth-order valence-corrected chi connectivity index (χ4v) is 6.79. The number of benzene rings is 4. The molecule has 0 aliphatic carbocycles. The molecule has 53 heavy (non-hydrogen) atoms. The largest absolute Gasteiger partial charge is 0.759 e. The van der Waals surface area contributed by atoms with Crippen LogP contribution in [0.2, 0.25) is 0 Å². The summed E-state index contributed by atoms with van der Waals surface area (Å²) >= 11 is 0. The van der Waals surface area contributed by atoms with Gasteiger partial charge in [-0.15, -0.1) is 0 Å². The molecule has 0 saturated heterocycles. The van der Waals surface area contributed by atoms with Crippen LogP contribution in [0.25, 0.3) is 0 Å². The molecule has 2 aromatic heterocycles. The predicted molar refractivity (Wildman–Crippen MR) is 197 cm³/mol. The minimum atomic E-state index is -5.17. The normalized spacial score (nSPS) is 11.2. The fraction of sp³-hybridized carbons (Fsp3) is 0.250. The molecule has 0 amide bonds. The molecule has 13 heteroatoms. The lowest BCUT2D eigenvalue weighted by Gasteiger charge is -2.20. The first-order chi connectivity index (χ1) is 24.8. The van der Waals surface area contributed by atoms with Crippen LogP contribution in [0, 0.1) is 55.4 Å². The van der Waals surface area contributed by atoms with Crippen LogP contribution in [0.1, 0.15) is 90.0 Å². The molecule has 0 atom stereocenters. The molecule has 0 radical (unpaired) electrons. The number of aromatic hydroxyl groups is 4. The third-order valence-corrected chi connectivity index (χ3v) is 8.89. The average molecular weight is 743 g/mol. The summed E-state index contributed by atoms with van der Waals surface area (Å²) in [4.78, 5) is 12.4. The number of hydrogen-bond acceptors (Lipinski definition) is 8. The smallest absolute Gasteiger partial charge is 0.239 e. The first kappa shape index (κ1) is 40.1. The molecule has 0 bridgehead atoms. The van der Waals surface area contributed by atoms with Crippen molar-refractivity contribution in [2.45, 2.75) is 67.2 Å². The summed E-state index contributed by atoms with van der Waals surface area (Å²) in [5, 5.41) is 42.7. The number of H-pyrrole nitrogens is 4. The highest BCUT2D eigenvalue weighted by Crippen LogP contribution is 2.44. The molecule has 4 aromatic carbocycles. The van der Waals surface area contributed by atoms with E-state index in [1.54, 1.807) is 12.7 Å². The van der Waals surface area contributed by atoms with Gasteiger partial charge in [0, 0.05) is 32.7 Å². The Kier molecular flexibility index (Phi) is 12.4. The van der Waals surface area contributed by atoms with Gasteiger partial charge in [0.1, 0.15) is 35.4 Å². The summed E-state index contributed by atoms with van der Waals surface area (Å²) in [6.45, 7) is 15.6. The zero-order valence-electron chi connectivity index (χ0n) is 30.9. The zero-order valence-corrected chi connectivity index (χ0v) is 31.7. The predicted octanol–water partition coefficient (Wildman–Crippen LogP) is 5.97. The van der Waals surface area contributed by atoms with E-state index in [1.165, 1.54) is 0 Å². The maximum atomic E-state index is 10.7. The average Bonchev–Trinajstić information content (AvgIpc) is 3.78. The lowest BCUT2D eigenvalue weighted by molar-refractivity contribution is -0.376. The minimum absolute atomic E-state index is 0.263. The van der Waals surface area contributed by atoms with Crippen LogP contribution >= 0.6 is 0 Å². The molecule has 12 nitrogen and oxygen atoms in total. The van der Waals surface area contributed by atoms with Crippen LogP contribution in [0.4, 0.5) is 0 Å². The lowest BCUT2D eigenvalue weighted by Crippen LogP contribution is -2.07. The maximum absolute atomic E-state index is 10.7. The Morgan fingerprint density at radius 3 is 0.906 bits per heavy atom. The number of rotatable bonds is 6. The molecular formula is C40H46N4O8S. The van der Waals surface area contributed by atoms with E-state index in [4.69, 9.17) is 17.5 Å². The van der Waals surface area contributed by atoms with Crippen LogP contribution in [0.15, 0.2) is 73.6 Å². The summed E-state index contributed by atoms with van der Waals surface area (Å²) in [7, 11) is -5.17. The number of aromatic amines is 4. The van der Waals surface area contributed by atoms with Gasteiger partial charge in [-0.25, -0.2) is 9.97 Å². The van der Waals surface area contributed by atoms with Crippen molar-refractivity contribution < 1.29 is 47.9 Å². The Hall–Kier alpha value is -5.63. The molecule has 280 valence electrons. The third kappa shape index (κ3) is 9.83. The van der Waals surface area contributed by atoms with Crippen LogP contribution in [-0.2, 0) is 10.4 Å². The molecule has 0 saturated carbocycles. The molecule has 0 fully saturated rings. The first-order valence-electron chi connectivity index (χ1n) is 16.7. The van der Waals surface area contributed by atoms with Gasteiger partial charge in [-0.2, -0.15) is 0 Å². The van der Waals surface area contributed by atoms with E-state index in [-0.39, 0.29) is 34.8 Å². The number of imidazole rings is 2. The van der Waals surface area contributed by atoms with Crippen LogP contribution in [-0.4, -0.2) is 47.9 Å². The second-order valence-electron chi connectivity index (χ2n) is 13.5. The summed E-state index contributed by atoms with van der Waals surface area (Å²) in [5.74, 6) is 0.483. The topological polar surface area (TPSA) is 221 Å². The van der Waals surface area contributed by atoms with E-state index in [1.807, 2.05) is 116 Å². The summed E-state index contributed by atoms with van der Waals surface area (Å²) in [6.07, 6.45) is 7.20. The van der Waals surface area contributed by atoms with Crippen LogP contribution in [0.5, 0.6) is 23.0 Å². The Morgan fingerprint density at radius 2 is 0.717 bits per heavy atom. The third-order valence-electron chi connectivity index (χ3n) is 8.89. The first-order valence-corrected chi connectivity index (χ1v) is 18.1. The number of aryl methyl sites for hydroxylation is 8. The minimum Gasteiger partial charge on any atom is -0.759 e. The van der Waals surface area contributed by atoms with Crippen LogP contribution in [0.3, 0.4) is 0 Å². The maximum Gasteiger partial charge on any atom is 0.239 e. The molecular weight excluding hydrogens is 697 g/mol. The van der Waals surface area contributed by atoms with Crippen molar-refractivity contribution in [2.75, 3.05) is 0 Å². The van der Waals surface area contributed by atoms with E-state index in [9.17, 15) is 20.4 Å². The Bertz CT molecular complexity index is 2050. The highest BCUT2D eigenvalue weighted by Gasteiger charge is 2.30. The van der Waals surface area contributed by atoms with Crippen molar-refractivity contribution in [1.82, 2.24) is 9.97 Å². The molecule has 0 spiro atoms. The molecule has 0 aliphatic rings. The van der Waals surface area contributed by atoms with Gasteiger partial charge in [-0.3, -0.25) is 18.4 Å². The van der Waals surface area contributed by atoms with Crippen molar-refractivity contribution >= 4 is 10.4 Å². The molecule has 6 rings (SSSR count). The Labute approximate surface area is 309 Å². The Balaban J connectivity index is 0.000000210. The van der Waals surface area contributed by atoms with Crippen molar-refractivity contribution in [3.63, 3.8) is 0 Å². The van der Waals surface area contributed by atoms with Gasteiger partial charge in [0.2, 0.25) is 12.7 Å². The van der Waals surface area contributed by atoms with Crippen molar-refractivity contribution in [3.8, 4) is 23.0 Å². The van der Waals surface area contributed by atoms with Gasteiger partial charge in [-0.1, -0.05) is 70.8 Å². The summed E-state index contributed by atoms with van der Waals surface area (Å²) in [5.41, 5.74) is 12.5. The van der Waals surface area contributed by atoms with Gasteiger partial charge in [0.15, 0.2) is 11.4 Å². The van der Waals surface area contributed by atoms with Gasteiger partial charge >= 0.3 is 0 Å². The standard InChI is InChI=1S/2C20H22N2O2.H2O4S/c2*1-11-5-13(3)19(23)15(7-11)18(17-9-21-10-22-17)16-8-12(2)6-14(4)20(16)24;1-5(2,3)4/h2*5-10,18,23-24H,1-4H3,(H,21,22);(H2,1,2,3,4). The number of phenols is 4. The second-order valence-corrected chi connectivity index (χ2v) is 14.3. The molecule has 8 N–H and O–H groups in total. The van der Waals surface area contributed by atoms with Gasteiger partial charge < -0.3 is 29.5 Å². The SMILES string of the molecule is Cc1cc(C)c(O)c(C(c2c[nH+]c[nH]2)c2cc(C)cc(C)c2O)c1.Cc1cc(C)c(O)c(C(c2c[nH+]c[nH]2)c2cc(C)cc(C)c2O)c1.O=S(=O)([O-])[O-]. The molecule has 0 aliphatic heterocycles. The van der Waals surface area contributed by atoms with Crippen molar-refractivity contribution in [1.29, 1.82) is 0 Å². The van der Waals surface area contributed by atoms with E-state index in [0.29, 0.717) is 0 Å². The van der Waals surface area contributed by atoms with Crippen LogP contribution < -0.4 is 9.97 Å². The van der Waals surface area contributed by atoms with E-state index in [0.717, 1.165) is 78.1 Å². The summed E-state index contributed by atoms with van der Waals surface area (Å²) in [6, 6.07) is 15.7. The van der Waals surface area contributed by atoms with E-state index >= 15 is 0 Å². The van der Waals surface area contributed by atoms with Gasteiger partial charge in [-0.05, 0) is 77.6 Å². The van der Waals surface area contributed by atoms with E-state index < -0.39 is 10.4 Å². The van der Waals surface area contributed by atoms with Gasteiger partial charge in [0.25, 0.3) is 0 Å². The summed E-state index contributed by atoms with van der Waals surface area (Å²) < 4.78 is 34.1. The number of aromatic nitrogens is 4. The highest BCUT2D eigenvalue weighted by atomic mass is 32.3. The van der Waals surface area contributed by atoms with Crippen molar-refractivity contribution in [2.24, 2.45) is 0 Å². The molecule has 2 heterocycles. The fourth-order valence-electron chi connectivity index (χ4n) is 6.79. The van der Waals surface area contributed by atoms with Crippen molar-refractivity contribution in [3.05, 3.63) is 152 Å². The number of phenolic OH excluding ortho intramolecular Hbond substituents is 4. The zero-order chi connectivity index (χ0) is 39.4. The second kappa shape index (κ2) is 16.4. The lowest BCUT2D eigenvalue weighted by atomic mass is 9.84. The molecule has 0 unspecified atom stereocenters. The monoisotopic (exact) mass is 742 g/mol. The highest BCUT2D eigenvalue weighted by molar-refractivity contribution is 7.79. The quantitative estimate of drug-likeness (QED) is 0.0879. The van der Waals surface area contributed by atoms with E-state index in [2.05, 4.69) is 19.9 Å². The Morgan fingerprint density at radius 1 is 0.491 bits per heavy atom. The number of nitrogens with one attached hydrogen (secondary N) is 4. The number of hydrogen-bond donors (Lipinski definition) is 6. The van der Waals surface area contributed by atoms with Gasteiger partial charge in [0.05, 0.1) is 11.8 Å².